The van der Waals surface area contributed by atoms with Gasteiger partial charge in [0, 0.05) is 0 Å². The summed E-state index contributed by atoms with van der Waals surface area (Å²) in [5.74, 6) is 1.55. The summed E-state index contributed by atoms with van der Waals surface area (Å²) in [6.45, 7) is 6.82. The Labute approximate surface area is 163 Å². The SMILES string of the molecule is CCCCCCCCCc1c(CC(CC)CCCC)cccc1OP=O. The van der Waals surface area contributed by atoms with Gasteiger partial charge in [0.2, 0.25) is 0 Å². The monoisotopic (exact) mass is 378 g/mol. The molecule has 148 valence electrons. The van der Waals surface area contributed by atoms with Crippen LogP contribution in [0.2, 0.25) is 0 Å². The third-order valence-corrected chi connectivity index (χ3v) is 5.72. The van der Waals surface area contributed by atoms with Gasteiger partial charge >= 0.3 is 8.69 Å². The molecule has 0 amide bonds. The highest BCUT2D eigenvalue weighted by molar-refractivity contribution is 7.17. The van der Waals surface area contributed by atoms with Crippen molar-refractivity contribution in [3.8, 4) is 5.75 Å². The molecule has 2 nitrogen and oxygen atoms in total. The minimum absolute atomic E-state index is 0.251. The van der Waals surface area contributed by atoms with E-state index in [4.69, 9.17) is 4.52 Å². The van der Waals surface area contributed by atoms with E-state index < -0.39 is 0 Å². The average Bonchev–Trinajstić information content (AvgIpc) is 2.66. The molecule has 0 saturated heterocycles. The highest BCUT2D eigenvalue weighted by atomic mass is 31.1. The molecule has 0 aliphatic heterocycles. The van der Waals surface area contributed by atoms with Crippen molar-refractivity contribution in [1.29, 1.82) is 0 Å². The molecule has 0 aliphatic carbocycles. The molecule has 3 heteroatoms. The standard InChI is InChI=1S/C23H39O2P/c1-4-7-9-10-11-12-13-17-22-21(16-14-18-23(22)25-26-24)19-20(6-3)15-8-5-2/h14,16,18,20H,4-13,15,17,19H2,1-3H3. The predicted octanol–water partition coefficient (Wildman–Crippen LogP) is 8.32. The fraction of sp³-hybridized carbons (Fsp3) is 0.739. The molecule has 0 fully saturated rings. The summed E-state index contributed by atoms with van der Waals surface area (Å²) in [6.07, 6.45) is 16.4. The largest absolute Gasteiger partial charge is 0.407 e. The van der Waals surface area contributed by atoms with E-state index in [9.17, 15) is 4.57 Å². The quantitative estimate of drug-likeness (QED) is 0.213. The van der Waals surface area contributed by atoms with Gasteiger partial charge in [0.05, 0.1) is 0 Å². The molecule has 1 atom stereocenters. The fourth-order valence-corrected chi connectivity index (χ4v) is 3.98. The lowest BCUT2D eigenvalue weighted by atomic mass is 9.88. The Morgan fingerprint density at radius 1 is 0.923 bits per heavy atom. The second-order valence-electron chi connectivity index (χ2n) is 7.55. The molecular weight excluding hydrogens is 339 g/mol. The summed E-state index contributed by atoms with van der Waals surface area (Å²) in [5.41, 5.74) is 2.69. The first kappa shape index (κ1) is 23.2. The molecule has 1 aromatic carbocycles. The molecule has 1 rings (SSSR count). The lowest BCUT2D eigenvalue weighted by Crippen LogP contribution is -2.07. The number of benzene rings is 1. The lowest BCUT2D eigenvalue weighted by molar-refractivity contribution is 0.446. The van der Waals surface area contributed by atoms with Crippen molar-refractivity contribution < 1.29 is 9.09 Å². The third kappa shape index (κ3) is 9.17. The van der Waals surface area contributed by atoms with Crippen molar-refractivity contribution in [2.24, 2.45) is 5.92 Å². The first-order chi connectivity index (χ1) is 12.8. The first-order valence-corrected chi connectivity index (χ1v) is 11.6. The van der Waals surface area contributed by atoms with Crippen molar-refractivity contribution in [2.45, 2.75) is 104 Å². The Morgan fingerprint density at radius 2 is 1.62 bits per heavy atom. The summed E-state index contributed by atoms with van der Waals surface area (Å²) in [7, 11) is -0.251. The van der Waals surface area contributed by atoms with Crippen LogP contribution in [0.3, 0.4) is 0 Å². The van der Waals surface area contributed by atoms with Gasteiger partial charge in [-0.25, -0.2) is 4.57 Å². The predicted molar refractivity (Wildman–Crippen MR) is 113 cm³/mol. The van der Waals surface area contributed by atoms with Crippen LogP contribution in [0.15, 0.2) is 18.2 Å². The summed E-state index contributed by atoms with van der Waals surface area (Å²) >= 11 is 0. The minimum atomic E-state index is -0.251. The van der Waals surface area contributed by atoms with Gasteiger partial charge in [0.25, 0.3) is 0 Å². The highest BCUT2D eigenvalue weighted by Gasteiger charge is 2.14. The van der Waals surface area contributed by atoms with Gasteiger partial charge in [-0.1, -0.05) is 97.1 Å². The molecule has 0 spiro atoms. The fourth-order valence-electron chi connectivity index (χ4n) is 3.72. The molecule has 1 unspecified atom stereocenters. The van der Waals surface area contributed by atoms with Crippen molar-refractivity contribution in [2.75, 3.05) is 0 Å². The number of unbranched alkanes of at least 4 members (excludes halogenated alkanes) is 7. The zero-order chi connectivity index (χ0) is 19.0. The summed E-state index contributed by atoms with van der Waals surface area (Å²) in [4.78, 5) is 0. The average molecular weight is 379 g/mol. The van der Waals surface area contributed by atoms with Gasteiger partial charge in [0.1, 0.15) is 5.75 Å². The van der Waals surface area contributed by atoms with Crippen molar-refractivity contribution >= 4 is 8.69 Å². The maximum atomic E-state index is 11.0. The number of hydrogen-bond acceptors (Lipinski definition) is 2. The smallest absolute Gasteiger partial charge is 0.395 e. The van der Waals surface area contributed by atoms with Gasteiger partial charge in [0.15, 0.2) is 0 Å². The molecule has 26 heavy (non-hydrogen) atoms. The molecule has 0 radical (unpaired) electrons. The zero-order valence-corrected chi connectivity index (χ0v) is 18.2. The zero-order valence-electron chi connectivity index (χ0n) is 17.3. The summed E-state index contributed by atoms with van der Waals surface area (Å²) in [6, 6.07) is 6.27. The second kappa shape index (κ2) is 15.2. The second-order valence-corrected chi connectivity index (χ2v) is 7.88. The van der Waals surface area contributed by atoms with E-state index in [-0.39, 0.29) is 8.69 Å². The highest BCUT2D eigenvalue weighted by Crippen LogP contribution is 2.30. The Hall–Kier alpha value is -0.880. The number of rotatable bonds is 16. The van der Waals surface area contributed by atoms with Gasteiger partial charge < -0.3 is 4.52 Å². The molecule has 0 saturated carbocycles. The van der Waals surface area contributed by atoms with Crippen LogP contribution in [0.4, 0.5) is 0 Å². The van der Waals surface area contributed by atoms with Crippen LogP contribution in [-0.4, -0.2) is 0 Å². The van der Waals surface area contributed by atoms with Crippen LogP contribution in [0, 0.1) is 5.92 Å². The van der Waals surface area contributed by atoms with Crippen LogP contribution >= 0.6 is 8.69 Å². The van der Waals surface area contributed by atoms with Crippen LogP contribution < -0.4 is 4.52 Å². The normalized spacial score (nSPS) is 12.4. The van der Waals surface area contributed by atoms with E-state index in [1.54, 1.807) is 0 Å². The minimum Gasteiger partial charge on any atom is -0.407 e. The topological polar surface area (TPSA) is 26.3 Å². The Morgan fingerprint density at radius 3 is 2.27 bits per heavy atom. The Balaban J connectivity index is 2.67. The maximum absolute atomic E-state index is 11.0. The Bertz CT molecular complexity index is 487. The summed E-state index contributed by atoms with van der Waals surface area (Å²) in [5, 5.41) is 0. The van der Waals surface area contributed by atoms with E-state index >= 15 is 0 Å². The van der Waals surface area contributed by atoms with Crippen molar-refractivity contribution in [1.82, 2.24) is 0 Å². The lowest BCUT2D eigenvalue weighted by Gasteiger charge is -2.18. The van der Waals surface area contributed by atoms with Gasteiger partial charge in [-0.3, -0.25) is 0 Å². The van der Waals surface area contributed by atoms with E-state index in [0.717, 1.165) is 24.5 Å². The van der Waals surface area contributed by atoms with Crippen LogP contribution in [0.25, 0.3) is 0 Å². The van der Waals surface area contributed by atoms with Crippen LogP contribution in [-0.2, 0) is 17.4 Å². The van der Waals surface area contributed by atoms with E-state index in [2.05, 4.69) is 32.9 Å². The van der Waals surface area contributed by atoms with E-state index in [1.165, 1.54) is 81.8 Å². The van der Waals surface area contributed by atoms with Gasteiger partial charge in [-0.05, 0) is 42.4 Å². The molecule has 0 heterocycles. The van der Waals surface area contributed by atoms with Gasteiger partial charge in [-0.15, -0.1) is 0 Å². The molecule has 1 aromatic rings. The first-order valence-electron chi connectivity index (χ1n) is 10.9. The maximum Gasteiger partial charge on any atom is 0.395 e. The molecule has 0 bridgehead atoms. The summed E-state index contributed by atoms with van der Waals surface area (Å²) < 4.78 is 16.4. The van der Waals surface area contributed by atoms with Crippen LogP contribution in [0.5, 0.6) is 5.75 Å². The van der Waals surface area contributed by atoms with E-state index in [1.807, 2.05) is 6.07 Å². The third-order valence-electron chi connectivity index (χ3n) is 5.45. The number of hydrogen-bond donors (Lipinski definition) is 0. The van der Waals surface area contributed by atoms with Crippen molar-refractivity contribution in [3.63, 3.8) is 0 Å². The molecule has 0 N–H and O–H groups in total. The molecule has 0 aliphatic rings. The van der Waals surface area contributed by atoms with Crippen molar-refractivity contribution in [3.05, 3.63) is 29.3 Å². The van der Waals surface area contributed by atoms with Crippen LogP contribution in [0.1, 0.15) is 103 Å². The molecular formula is C23H39O2P. The Kier molecular flexibility index (Phi) is 13.5. The van der Waals surface area contributed by atoms with E-state index in [0.29, 0.717) is 0 Å². The van der Waals surface area contributed by atoms with Gasteiger partial charge in [-0.2, -0.15) is 0 Å². The molecule has 0 aromatic heterocycles.